The van der Waals surface area contributed by atoms with E-state index in [0.717, 1.165) is 12.1 Å². The fourth-order valence-corrected chi connectivity index (χ4v) is 7.61. The second-order valence-electron chi connectivity index (χ2n) is 17.3. The molecule has 17 nitrogen and oxygen atoms in total. The van der Waals surface area contributed by atoms with Gasteiger partial charge in [0.1, 0.15) is 23.8 Å². The van der Waals surface area contributed by atoms with Gasteiger partial charge in [-0.2, -0.15) is 10.5 Å². The van der Waals surface area contributed by atoms with E-state index in [1.807, 2.05) is 58.9 Å². The Bertz CT molecular complexity index is 2180. The van der Waals surface area contributed by atoms with E-state index in [4.69, 9.17) is 9.72 Å². The molecule has 2 saturated heterocycles. The number of nitrogens with one attached hydrogen (secondary N) is 7. The van der Waals surface area contributed by atoms with E-state index in [-0.39, 0.29) is 65.9 Å². The van der Waals surface area contributed by atoms with Crippen LogP contribution in [0.15, 0.2) is 48.2 Å². The van der Waals surface area contributed by atoms with E-state index >= 15 is 0 Å². The number of hydrogen-bond donors (Lipinski definition) is 7. The Labute approximate surface area is 356 Å². The van der Waals surface area contributed by atoms with Gasteiger partial charge in [-0.3, -0.25) is 29.0 Å². The van der Waals surface area contributed by atoms with Crippen molar-refractivity contribution in [1.29, 1.82) is 10.5 Å². The van der Waals surface area contributed by atoms with Crippen molar-refractivity contribution in [3.63, 3.8) is 0 Å². The number of nitriles is 2. The maximum atomic E-state index is 13.8. The van der Waals surface area contributed by atoms with Gasteiger partial charge in [0.05, 0.1) is 47.6 Å². The summed E-state index contributed by atoms with van der Waals surface area (Å²) in [5, 5.41) is 37.7. The molecule has 17 heteroatoms. The minimum Gasteiger partial charge on any atom is -0.480 e. The first-order chi connectivity index (χ1) is 29.1. The third kappa shape index (κ3) is 12.8. The van der Waals surface area contributed by atoms with Crippen LogP contribution in [0.4, 0.5) is 0 Å². The smallest absolute Gasteiger partial charge is 0.268 e. The highest BCUT2D eigenvalue weighted by molar-refractivity contribution is 6.01. The Balaban J connectivity index is 1.28. The molecule has 1 unspecified atom stereocenters. The van der Waals surface area contributed by atoms with Gasteiger partial charge in [-0.25, -0.2) is 4.98 Å². The van der Waals surface area contributed by atoms with Crippen LogP contribution in [0.2, 0.25) is 0 Å². The number of nitrogens with zero attached hydrogens (tertiary/aromatic N) is 4. The van der Waals surface area contributed by atoms with E-state index in [9.17, 15) is 34.5 Å². The molecule has 0 aromatic carbocycles. The normalized spacial score (nSPS) is 19.4. The number of hydrogen-bond acceptors (Lipinski definition) is 11. The third-order valence-corrected chi connectivity index (χ3v) is 10.6. The summed E-state index contributed by atoms with van der Waals surface area (Å²) in [7, 11) is 1.46. The van der Waals surface area contributed by atoms with Crippen molar-refractivity contribution in [2.24, 2.45) is 17.3 Å². The summed E-state index contributed by atoms with van der Waals surface area (Å²) in [6, 6.07) is 9.53. The molecule has 6 atom stereocenters. The van der Waals surface area contributed by atoms with Gasteiger partial charge < -0.3 is 41.6 Å². The zero-order chi connectivity index (χ0) is 44.3. The Morgan fingerprint density at radius 2 is 1.80 bits per heavy atom. The molecule has 2 aliphatic heterocycles. The van der Waals surface area contributed by atoms with Crippen LogP contribution in [-0.4, -0.2) is 88.9 Å². The van der Waals surface area contributed by atoms with Crippen molar-refractivity contribution in [1.82, 2.24) is 46.9 Å². The first kappa shape index (κ1) is 45.7. The van der Waals surface area contributed by atoms with Crippen molar-refractivity contribution in [2.45, 2.75) is 110 Å². The van der Waals surface area contributed by atoms with Crippen molar-refractivity contribution >= 4 is 40.4 Å². The van der Waals surface area contributed by atoms with Crippen LogP contribution in [0, 0.1) is 39.9 Å². The standard InChI is InChI=1S/C44H57N11O6/c1-25(2)14-35(49-24-29-11-7-8-12-47-29)40(58)51-31(22-46)17-27-15-28(23-50-39(27)57)33-19-34-32(43(55-33)61-6)18-36(53-34)41(59)54-37(20-44(3,4)5)42(60)52-30(21-45)16-26-10-9-13-48-38(26)56/h7-8,11-12,16,18-19,25,27-28,30-31,35,37,49,53H,9-10,13-15,17,20,23-24H2,1-6H3,(H,48,56)(H,50,57)(H,51,58)(H,52,60)(H,54,59)/b26-16+/t27-,28?,30-,31-,35-,37-/m0/s1. The first-order valence-electron chi connectivity index (χ1n) is 20.8. The molecule has 5 heterocycles. The molecule has 0 saturated carbocycles. The topological polar surface area (TPSA) is 256 Å². The summed E-state index contributed by atoms with van der Waals surface area (Å²) in [6.07, 6.45) is 5.58. The monoisotopic (exact) mass is 835 g/mol. The van der Waals surface area contributed by atoms with Gasteiger partial charge in [0.2, 0.25) is 29.5 Å². The second kappa shape index (κ2) is 20.8. The quantitative estimate of drug-likeness (QED) is 0.0973. The molecule has 3 aromatic heterocycles. The van der Waals surface area contributed by atoms with Crippen molar-refractivity contribution < 1.29 is 28.7 Å². The number of H-pyrrole nitrogens is 1. The van der Waals surface area contributed by atoms with E-state index < -0.39 is 41.9 Å². The number of rotatable bonds is 17. The molecule has 7 N–H and O–H groups in total. The molecular formula is C44H57N11O6. The van der Waals surface area contributed by atoms with Crippen LogP contribution >= 0.6 is 0 Å². The van der Waals surface area contributed by atoms with E-state index in [0.29, 0.717) is 54.5 Å². The summed E-state index contributed by atoms with van der Waals surface area (Å²) in [5.41, 5.74) is 2.09. The molecule has 3 aromatic rings. The maximum absolute atomic E-state index is 13.8. The van der Waals surface area contributed by atoms with E-state index in [1.165, 1.54) is 13.2 Å². The van der Waals surface area contributed by atoms with Gasteiger partial charge >= 0.3 is 0 Å². The molecule has 0 aliphatic carbocycles. The number of pyridine rings is 2. The highest BCUT2D eigenvalue weighted by atomic mass is 16.5. The number of carbonyl (C=O) groups is 5. The maximum Gasteiger partial charge on any atom is 0.268 e. The fraction of sp³-hybridized carbons (Fsp3) is 0.523. The largest absolute Gasteiger partial charge is 0.480 e. The molecule has 0 bridgehead atoms. The van der Waals surface area contributed by atoms with Gasteiger partial charge in [-0.05, 0) is 80.2 Å². The van der Waals surface area contributed by atoms with Crippen LogP contribution in [-0.2, 0) is 25.7 Å². The first-order valence-corrected chi connectivity index (χ1v) is 20.8. The SMILES string of the molecule is COc1nc(C2CNC(=O)[C@H](C[C@@H](C#N)NC(=O)[C@H](CC(C)C)NCc3ccccn3)C2)cc2[nH]c(C(=O)N[C@@H](CC(C)(C)C)C(=O)N[C@H](C#N)/C=C3\CCCNC3=O)cc12. The molecule has 5 amide bonds. The average Bonchev–Trinajstić information content (AvgIpc) is 3.67. The Kier molecular flexibility index (Phi) is 15.6. The molecule has 2 aliphatic rings. The van der Waals surface area contributed by atoms with Crippen LogP contribution in [0.3, 0.4) is 0 Å². The van der Waals surface area contributed by atoms with E-state index in [1.54, 1.807) is 18.3 Å². The lowest BCUT2D eigenvalue weighted by atomic mass is 9.83. The van der Waals surface area contributed by atoms with Crippen LogP contribution < -0.4 is 36.6 Å². The molecule has 0 spiro atoms. The van der Waals surface area contributed by atoms with Gasteiger partial charge in [0, 0.05) is 43.2 Å². The fourth-order valence-electron chi connectivity index (χ4n) is 7.61. The minimum absolute atomic E-state index is 0.0939. The number of amides is 5. The lowest BCUT2D eigenvalue weighted by Gasteiger charge is -2.30. The number of methoxy groups -OCH3 is 1. The molecule has 2 fully saturated rings. The predicted octanol–water partition coefficient (Wildman–Crippen LogP) is 3.17. The number of ether oxygens (including phenoxy) is 1. The third-order valence-electron chi connectivity index (χ3n) is 10.6. The summed E-state index contributed by atoms with van der Waals surface area (Å²) < 4.78 is 5.66. The second-order valence-corrected chi connectivity index (χ2v) is 17.3. The predicted molar refractivity (Wildman–Crippen MR) is 226 cm³/mol. The van der Waals surface area contributed by atoms with Crippen LogP contribution in [0.1, 0.15) is 101 Å². The molecule has 324 valence electrons. The average molecular weight is 836 g/mol. The van der Waals surface area contributed by atoms with Gasteiger partial charge in [0.25, 0.3) is 5.91 Å². The zero-order valence-electron chi connectivity index (χ0n) is 35.7. The molecule has 61 heavy (non-hydrogen) atoms. The highest BCUT2D eigenvalue weighted by Crippen LogP contribution is 2.34. The van der Waals surface area contributed by atoms with Gasteiger partial charge in [-0.15, -0.1) is 0 Å². The van der Waals surface area contributed by atoms with Crippen molar-refractivity contribution in [3.8, 4) is 18.0 Å². The minimum atomic E-state index is -1.08. The molecule has 0 radical (unpaired) electrons. The number of carbonyl (C=O) groups excluding carboxylic acids is 5. The lowest BCUT2D eigenvalue weighted by Crippen LogP contribution is -2.50. The summed E-state index contributed by atoms with van der Waals surface area (Å²) in [5.74, 6) is -2.41. The molecule has 5 rings (SSSR count). The van der Waals surface area contributed by atoms with Crippen LogP contribution in [0.25, 0.3) is 10.9 Å². The van der Waals surface area contributed by atoms with Crippen molar-refractivity contribution in [3.05, 3.63) is 65.3 Å². The Hall–Kier alpha value is -6.33. The zero-order valence-corrected chi connectivity index (χ0v) is 35.7. The molecular weight excluding hydrogens is 779 g/mol. The van der Waals surface area contributed by atoms with Crippen molar-refractivity contribution in [2.75, 3.05) is 20.2 Å². The number of aromatic amines is 1. The van der Waals surface area contributed by atoms with Gasteiger partial charge in [-0.1, -0.05) is 40.7 Å². The summed E-state index contributed by atoms with van der Waals surface area (Å²) >= 11 is 0. The van der Waals surface area contributed by atoms with E-state index in [2.05, 4.69) is 47.9 Å². The van der Waals surface area contributed by atoms with Crippen LogP contribution in [0.5, 0.6) is 5.88 Å². The number of fused-ring (bicyclic) bond motifs is 1. The summed E-state index contributed by atoms with van der Waals surface area (Å²) in [4.78, 5) is 78.4. The lowest BCUT2D eigenvalue weighted by molar-refractivity contribution is -0.128. The summed E-state index contributed by atoms with van der Waals surface area (Å²) in [6.45, 7) is 11.0. The number of piperidine rings is 2. The number of aromatic nitrogens is 3. The highest BCUT2D eigenvalue weighted by Gasteiger charge is 2.35. The Morgan fingerprint density at radius 1 is 1.03 bits per heavy atom. The van der Waals surface area contributed by atoms with Gasteiger partial charge in [0.15, 0.2) is 0 Å². The Morgan fingerprint density at radius 3 is 2.46 bits per heavy atom.